The summed E-state index contributed by atoms with van der Waals surface area (Å²) in [4.78, 5) is 0. The van der Waals surface area contributed by atoms with E-state index in [0.29, 0.717) is 24.4 Å². The van der Waals surface area contributed by atoms with Crippen molar-refractivity contribution in [3.05, 3.63) is 155 Å². The van der Waals surface area contributed by atoms with Crippen molar-refractivity contribution in [2.75, 3.05) is 6.61 Å². The van der Waals surface area contributed by atoms with E-state index in [4.69, 9.17) is 0 Å². The van der Waals surface area contributed by atoms with E-state index in [1.165, 1.54) is 44.5 Å². The van der Waals surface area contributed by atoms with E-state index < -0.39 is 16.9 Å². The maximum absolute atomic E-state index is 13.3. The number of hydrogen-bond acceptors (Lipinski definition) is 2. The quantitative estimate of drug-likeness (QED) is 0.258. The van der Waals surface area contributed by atoms with Gasteiger partial charge in [-0.15, -0.1) is 0 Å². The number of hydrogen-bond donors (Lipinski definition) is 2. The third-order valence-corrected chi connectivity index (χ3v) is 10.9. The molecule has 41 heavy (non-hydrogen) atoms. The van der Waals surface area contributed by atoms with Crippen LogP contribution in [0.4, 0.5) is 0 Å². The fourth-order valence-electron chi connectivity index (χ4n) is 9.38. The SMILES string of the molecule is OC[C@@H]1[C@H]2CCC3=C(CC[C@@H]12)C1(c2ccccc2)C(c2ccccc2)=C(c2ccccc2)C3(c2ccccc2)C1O. The smallest absolute Gasteiger partial charge is 0.0890 e. The van der Waals surface area contributed by atoms with Gasteiger partial charge in [-0.2, -0.15) is 0 Å². The van der Waals surface area contributed by atoms with Crippen LogP contribution in [0.3, 0.4) is 0 Å². The van der Waals surface area contributed by atoms with Crippen LogP contribution in [0.25, 0.3) is 11.1 Å². The minimum absolute atomic E-state index is 0.291. The van der Waals surface area contributed by atoms with E-state index in [9.17, 15) is 10.2 Å². The topological polar surface area (TPSA) is 40.5 Å². The van der Waals surface area contributed by atoms with E-state index in [2.05, 4.69) is 121 Å². The predicted octanol–water partition coefficient (Wildman–Crippen LogP) is 7.59. The summed E-state index contributed by atoms with van der Waals surface area (Å²) in [6.45, 7) is 0.291. The first-order valence-electron chi connectivity index (χ1n) is 15.2. The Morgan fingerprint density at radius 3 is 1.27 bits per heavy atom. The van der Waals surface area contributed by atoms with Crippen molar-refractivity contribution in [2.24, 2.45) is 17.8 Å². The molecule has 2 heteroatoms. The Morgan fingerprint density at radius 2 is 0.902 bits per heavy atom. The van der Waals surface area contributed by atoms with Crippen molar-refractivity contribution in [3.8, 4) is 0 Å². The number of aliphatic hydroxyl groups excluding tert-OH is 2. The van der Waals surface area contributed by atoms with Crippen molar-refractivity contribution in [1.82, 2.24) is 0 Å². The molecule has 2 nitrogen and oxygen atoms in total. The van der Waals surface area contributed by atoms with Gasteiger partial charge < -0.3 is 10.2 Å². The van der Waals surface area contributed by atoms with E-state index in [1.807, 2.05) is 0 Å². The van der Waals surface area contributed by atoms with E-state index in [0.717, 1.165) is 25.7 Å². The number of fused-ring (bicyclic) bond motifs is 5. The van der Waals surface area contributed by atoms with Gasteiger partial charge in [0, 0.05) is 6.61 Å². The van der Waals surface area contributed by atoms with Crippen molar-refractivity contribution < 1.29 is 10.2 Å². The molecule has 4 aliphatic carbocycles. The van der Waals surface area contributed by atoms with E-state index >= 15 is 0 Å². The Balaban J connectivity index is 1.52. The number of rotatable bonds is 5. The molecule has 0 aromatic heterocycles. The fourth-order valence-corrected chi connectivity index (χ4v) is 9.38. The van der Waals surface area contributed by atoms with Gasteiger partial charge in [-0.3, -0.25) is 0 Å². The summed E-state index contributed by atoms with van der Waals surface area (Å²) in [5.74, 6) is 1.60. The highest BCUT2D eigenvalue weighted by Crippen LogP contribution is 2.74. The molecule has 0 amide bonds. The number of aliphatic hydroxyl groups is 2. The van der Waals surface area contributed by atoms with Gasteiger partial charge in [0.2, 0.25) is 0 Å². The average Bonchev–Trinajstić information content (AvgIpc) is 3.58. The molecule has 2 bridgehead atoms. The van der Waals surface area contributed by atoms with Crippen molar-refractivity contribution >= 4 is 11.1 Å². The molecule has 2 N–H and O–H groups in total. The third-order valence-electron chi connectivity index (χ3n) is 10.9. The van der Waals surface area contributed by atoms with Crippen LogP contribution in [0.15, 0.2) is 132 Å². The Morgan fingerprint density at radius 1 is 0.537 bits per heavy atom. The van der Waals surface area contributed by atoms with Crippen molar-refractivity contribution in [3.63, 3.8) is 0 Å². The molecule has 4 aromatic carbocycles. The van der Waals surface area contributed by atoms with Gasteiger partial charge in [0.25, 0.3) is 0 Å². The van der Waals surface area contributed by atoms with Crippen LogP contribution in [0.1, 0.15) is 47.9 Å². The monoisotopic (exact) mass is 536 g/mol. The second kappa shape index (κ2) is 9.41. The van der Waals surface area contributed by atoms with Gasteiger partial charge in [-0.05, 0) is 76.8 Å². The van der Waals surface area contributed by atoms with Gasteiger partial charge in [-0.1, -0.05) is 132 Å². The lowest BCUT2D eigenvalue weighted by atomic mass is 9.63. The van der Waals surface area contributed by atoms with Crippen LogP contribution in [-0.4, -0.2) is 22.9 Å². The molecule has 0 spiro atoms. The minimum Gasteiger partial charge on any atom is -0.396 e. The van der Waals surface area contributed by atoms with Crippen molar-refractivity contribution in [2.45, 2.75) is 42.6 Å². The second-order valence-electron chi connectivity index (χ2n) is 12.4. The van der Waals surface area contributed by atoms with Gasteiger partial charge in [0.05, 0.1) is 16.9 Å². The fraction of sp³-hybridized carbons (Fsp3) is 0.282. The van der Waals surface area contributed by atoms with E-state index in [-0.39, 0.29) is 0 Å². The maximum atomic E-state index is 13.3. The zero-order chi connectivity index (χ0) is 27.6. The van der Waals surface area contributed by atoms with Crippen molar-refractivity contribution in [1.29, 1.82) is 0 Å². The first-order valence-corrected chi connectivity index (χ1v) is 15.2. The summed E-state index contributed by atoms with van der Waals surface area (Å²) in [6.07, 6.45) is 3.38. The normalized spacial score (nSPS) is 31.9. The van der Waals surface area contributed by atoms with Crippen LogP contribution in [0, 0.1) is 17.8 Å². The first kappa shape index (κ1) is 25.0. The van der Waals surface area contributed by atoms with Crippen LogP contribution in [0.2, 0.25) is 0 Å². The molecule has 0 aliphatic heterocycles. The summed E-state index contributed by atoms with van der Waals surface area (Å²) in [5, 5.41) is 23.4. The summed E-state index contributed by atoms with van der Waals surface area (Å²) in [6, 6.07) is 43.3. The highest BCUT2D eigenvalue weighted by atomic mass is 16.3. The summed E-state index contributed by atoms with van der Waals surface area (Å²) in [5.41, 5.74) is 8.72. The molecular weight excluding hydrogens is 500 g/mol. The largest absolute Gasteiger partial charge is 0.396 e. The molecule has 0 heterocycles. The zero-order valence-corrected chi connectivity index (χ0v) is 23.3. The maximum Gasteiger partial charge on any atom is 0.0890 e. The molecule has 4 aliphatic rings. The third kappa shape index (κ3) is 3.26. The molecular formula is C39H36O2. The zero-order valence-electron chi connectivity index (χ0n) is 23.3. The van der Waals surface area contributed by atoms with Crippen LogP contribution in [0.5, 0.6) is 0 Å². The Kier molecular flexibility index (Phi) is 5.74. The first-order chi connectivity index (χ1) is 20.2. The molecule has 0 radical (unpaired) electrons. The van der Waals surface area contributed by atoms with Crippen LogP contribution >= 0.6 is 0 Å². The molecule has 1 fully saturated rings. The number of benzene rings is 4. The Bertz CT molecular complexity index is 1520. The standard InChI is InChI=1S/C39H36O2/c40-25-32-30-21-23-33-34(24-22-31(30)32)39(29-19-11-4-12-20-29)36(27-15-7-2-8-16-27)35(26-13-5-1-6-14-26)38(33,37(39)41)28-17-9-3-10-18-28/h1-20,30-32,37,40-41H,21-25H2/t30-,31+,32+,37?,38?,39?. The lowest BCUT2D eigenvalue weighted by Gasteiger charge is -2.39. The van der Waals surface area contributed by atoms with Gasteiger partial charge in [0.1, 0.15) is 0 Å². The molecule has 204 valence electrons. The van der Waals surface area contributed by atoms with Gasteiger partial charge >= 0.3 is 0 Å². The molecule has 4 aromatic rings. The lowest BCUT2D eigenvalue weighted by molar-refractivity contribution is 0.109. The Hall–Kier alpha value is -3.72. The molecule has 3 unspecified atom stereocenters. The van der Waals surface area contributed by atoms with Crippen LogP contribution < -0.4 is 0 Å². The molecule has 8 rings (SSSR count). The summed E-state index contributed by atoms with van der Waals surface area (Å²) < 4.78 is 0. The second-order valence-corrected chi connectivity index (χ2v) is 12.4. The highest BCUT2D eigenvalue weighted by molar-refractivity contribution is 6.09. The molecule has 0 saturated heterocycles. The minimum atomic E-state index is -0.668. The van der Waals surface area contributed by atoms with Gasteiger partial charge in [0.15, 0.2) is 0 Å². The van der Waals surface area contributed by atoms with Gasteiger partial charge in [-0.25, -0.2) is 0 Å². The Labute approximate surface area is 242 Å². The van der Waals surface area contributed by atoms with E-state index in [1.54, 1.807) is 0 Å². The lowest BCUT2D eigenvalue weighted by Crippen LogP contribution is -2.43. The summed E-state index contributed by atoms with van der Waals surface area (Å²) >= 11 is 0. The highest BCUT2D eigenvalue weighted by Gasteiger charge is 2.71. The predicted molar refractivity (Wildman–Crippen MR) is 165 cm³/mol. The average molecular weight is 537 g/mol. The summed E-state index contributed by atoms with van der Waals surface area (Å²) in [7, 11) is 0. The molecule has 6 atom stereocenters. The molecule has 1 saturated carbocycles. The van der Waals surface area contributed by atoms with Crippen LogP contribution in [-0.2, 0) is 10.8 Å².